The lowest BCUT2D eigenvalue weighted by Crippen LogP contribution is -2.45. The van der Waals surface area contributed by atoms with Crippen molar-refractivity contribution in [2.75, 3.05) is 0 Å². The van der Waals surface area contributed by atoms with Gasteiger partial charge in [0.25, 0.3) is 0 Å². The minimum absolute atomic E-state index is 0.0434. The molecule has 1 saturated carbocycles. The number of primary amides is 1. The van der Waals surface area contributed by atoms with E-state index in [0.717, 1.165) is 18.4 Å². The minimum atomic E-state index is -0.628. The average Bonchev–Trinajstić information content (AvgIpc) is 3.37. The second-order valence-electron chi connectivity index (χ2n) is 6.40. The fraction of sp³-hybridized carbons (Fsp3) is 0.500. The number of nitrogens with two attached hydrogens (primary N) is 1. The summed E-state index contributed by atoms with van der Waals surface area (Å²) < 4.78 is 0. The van der Waals surface area contributed by atoms with Crippen LogP contribution < -0.4 is 16.4 Å². The highest BCUT2D eigenvalue weighted by atomic mass is 16.2. The van der Waals surface area contributed by atoms with E-state index in [-0.39, 0.29) is 30.7 Å². The van der Waals surface area contributed by atoms with Crippen LogP contribution in [-0.4, -0.2) is 23.8 Å². The van der Waals surface area contributed by atoms with Gasteiger partial charge in [-0.2, -0.15) is 0 Å². The summed E-state index contributed by atoms with van der Waals surface area (Å²) in [5.41, 5.74) is 6.32. The second-order valence-corrected chi connectivity index (χ2v) is 6.40. The van der Waals surface area contributed by atoms with E-state index in [0.29, 0.717) is 12.3 Å². The molecule has 1 aromatic carbocycles. The van der Waals surface area contributed by atoms with Crippen molar-refractivity contribution in [2.24, 2.45) is 11.7 Å². The molecule has 0 saturated heterocycles. The quantitative estimate of drug-likeness (QED) is 0.637. The third-order valence-electron chi connectivity index (χ3n) is 4.20. The van der Waals surface area contributed by atoms with Gasteiger partial charge in [0.15, 0.2) is 0 Å². The molecule has 1 aliphatic carbocycles. The van der Waals surface area contributed by atoms with Gasteiger partial charge in [-0.1, -0.05) is 43.2 Å². The second kappa shape index (κ2) is 8.47. The van der Waals surface area contributed by atoms with Crippen LogP contribution in [0.4, 0.5) is 0 Å². The van der Waals surface area contributed by atoms with Crippen molar-refractivity contribution in [1.29, 1.82) is 0 Å². The maximum absolute atomic E-state index is 12.0. The van der Waals surface area contributed by atoms with Gasteiger partial charge < -0.3 is 16.4 Å². The maximum atomic E-state index is 12.0. The number of carbonyl (C=O) groups is 3. The Morgan fingerprint density at radius 3 is 2.21 bits per heavy atom. The van der Waals surface area contributed by atoms with Crippen LogP contribution in [0.1, 0.15) is 50.6 Å². The Balaban J connectivity index is 1.72. The fourth-order valence-corrected chi connectivity index (χ4v) is 2.57. The van der Waals surface area contributed by atoms with Crippen molar-refractivity contribution in [3.63, 3.8) is 0 Å². The summed E-state index contributed by atoms with van der Waals surface area (Å²) in [6.07, 6.45) is 2.89. The lowest BCUT2D eigenvalue weighted by Gasteiger charge is -2.16. The van der Waals surface area contributed by atoms with E-state index in [1.807, 2.05) is 37.3 Å². The fourth-order valence-electron chi connectivity index (χ4n) is 2.57. The first-order chi connectivity index (χ1) is 11.5. The van der Waals surface area contributed by atoms with Gasteiger partial charge in [-0.05, 0) is 24.8 Å². The highest BCUT2D eigenvalue weighted by Gasteiger charge is 2.29. The van der Waals surface area contributed by atoms with E-state index in [2.05, 4.69) is 10.6 Å². The van der Waals surface area contributed by atoms with Crippen molar-refractivity contribution in [1.82, 2.24) is 10.6 Å². The molecule has 0 aliphatic heterocycles. The van der Waals surface area contributed by atoms with E-state index in [4.69, 9.17) is 5.73 Å². The van der Waals surface area contributed by atoms with Crippen LogP contribution in [0.25, 0.3) is 0 Å². The zero-order valence-electron chi connectivity index (χ0n) is 14.0. The molecule has 4 N–H and O–H groups in total. The molecule has 2 atom stereocenters. The average molecular weight is 331 g/mol. The van der Waals surface area contributed by atoms with Crippen LogP contribution in [0.3, 0.4) is 0 Å². The van der Waals surface area contributed by atoms with Crippen molar-refractivity contribution >= 4 is 17.7 Å². The number of carbonyl (C=O) groups excluding carboxylic acids is 3. The Morgan fingerprint density at radius 2 is 1.67 bits per heavy atom. The first-order valence-electron chi connectivity index (χ1n) is 8.38. The molecule has 0 aromatic heterocycles. The number of hydrogen-bond acceptors (Lipinski definition) is 3. The molecule has 24 heavy (non-hydrogen) atoms. The van der Waals surface area contributed by atoms with Crippen molar-refractivity contribution < 1.29 is 14.4 Å². The zero-order valence-corrected chi connectivity index (χ0v) is 14.0. The van der Waals surface area contributed by atoms with Gasteiger partial charge in [0, 0.05) is 12.8 Å². The molecule has 1 aromatic rings. The van der Waals surface area contributed by atoms with Crippen LogP contribution >= 0.6 is 0 Å². The van der Waals surface area contributed by atoms with E-state index in [9.17, 15) is 14.4 Å². The number of benzene rings is 1. The molecule has 0 heterocycles. The molecule has 3 amide bonds. The van der Waals surface area contributed by atoms with Crippen LogP contribution in [0.5, 0.6) is 0 Å². The summed E-state index contributed by atoms with van der Waals surface area (Å²) >= 11 is 0. The first kappa shape index (κ1) is 18.0. The summed E-state index contributed by atoms with van der Waals surface area (Å²) in [5.74, 6) is -0.545. The first-order valence-corrected chi connectivity index (χ1v) is 8.38. The molecule has 1 aliphatic rings. The SMILES string of the molecule is C[C@@H](NC(=O)CCC(=O)N[C@H](CC1CC1)C(N)=O)c1ccccc1. The van der Waals surface area contributed by atoms with Gasteiger partial charge in [-0.25, -0.2) is 0 Å². The molecule has 6 nitrogen and oxygen atoms in total. The largest absolute Gasteiger partial charge is 0.368 e. The van der Waals surface area contributed by atoms with Crippen molar-refractivity contribution in [3.05, 3.63) is 35.9 Å². The summed E-state index contributed by atoms with van der Waals surface area (Å²) in [5, 5.41) is 5.49. The Labute approximate surface area is 142 Å². The monoisotopic (exact) mass is 331 g/mol. The zero-order chi connectivity index (χ0) is 17.5. The Hall–Kier alpha value is -2.37. The highest BCUT2D eigenvalue weighted by Crippen LogP contribution is 2.33. The molecular formula is C18H25N3O3. The smallest absolute Gasteiger partial charge is 0.240 e. The predicted octanol–water partition coefficient (Wildman–Crippen LogP) is 1.41. The molecule has 6 heteroatoms. The van der Waals surface area contributed by atoms with Gasteiger partial charge >= 0.3 is 0 Å². The standard InChI is InChI=1S/C18H25N3O3/c1-12(14-5-3-2-4-6-14)20-16(22)9-10-17(23)21-15(18(19)24)11-13-7-8-13/h2-6,12-13,15H,7-11H2,1H3,(H2,19,24)(H,20,22)(H,21,23)/t12-,15-/m1/s1. The molecule has 2 rings (SSSR count). The normalized spacial score (nSPS) is 16.0. The molecule has 0 spiro atoms. The number of amides is 3. The topological polar surface area (TPSA) is 101 Å². The predicted molar refractivity (Wildman–Crippen MR) is 90.7 cm³/mol. The van der Waals surface area contributed by atoms with Crippen LogP contribution in [-0.2, 0) is 14.4 Å². The van der Waals surface area contributed by atoms with Crippen molar-refractivity contribution in [3.8, 4) is 0 Å². The van der Waals surface area contributed by atoms with E-state index in [1.165, 1.54) is 0 Å². The maximum Gasteiger partial charge on any atom is 0.240 e. The number of rotatable bonds is 9. The van der Waals surface area contributed by atoms with E-state index < -0.39 is 11.9 Å². The summed E-state index contributed by atoms with van der Waals surface area (Å²) in [4.78, 5) is 35.2. The van der Waals surface area contributed by atoms with Gasteiger partial charge in [0.05, 0.1) is 6.04 Å². The van der Waals surface area contributed by atoms with Crippen LogP contribution in [0.15, 0.2) is 30.3 Å². The summed E-state index contributed by atoms with van der Waals surface area (Å²) in [6.45, 7) is 1.89. The third kappa shape index (κ3) is 6.02. The summed E-state index contributed by atoms with van der Waals surface area (Å²) in [6, 6.07) is 8.87. The third-order valence-corrected chi connectivity index (χ3v) is 4.20. The minimum Gasteiger partial charge on any atom is -0.368 e. The summed E-state index contributed by atoms with van der Waals surface area (Å²) in [7, 11) is 0. The Kier molecular flexibility index (Phi) is 6.35. The van der Waals surface area contributed by atoms with Gasteiger partial charge in [0.2, 0.25) is 17.7 Å². The van der Waals surface area contributed by atoms with Crippen LogP contribution in [0, 0.1) is 5.92 Å². The lowest BCUT2D eigenvalue weighted by atomic mass is 10.1. The molecule has 130 valence electrons. The Morgan fingerprint density at radius 1 is 1.08 bits per heavy atom. The van der Waals surface area contributed by atoms with Crippen molar-refractivity contribution in [2.45, 2.75) is 51.1 Å². The molecule has 0 bridgehead atoms. The molecular weight excluding hydrogens is 306 g/mol. The lowest BCUT2D eigenvalue weighted by molar-refractivity contribution is -0.129. The highest BCUT2D eigenvalue weighted by molar-refractivity contribution is 5.88. The van der Waals surface area contributed by atoms with Gasteiger partial charge in [-0.15, -0.1) is 0 Å². The molecule has 0 radical (unpaired) electrons. The number of nitrogens with one attached hydrogen (secondary N) is 2. The van der Waals surface area contributed by atoms with Gasteiger partial charge in [-0.3, -0.25) is 14.4 Å². The van der Waals surface area contributed by atoms with Gasteiger partial charge in [0.1, 0.15) is 6.04 Å². The van der Waals surface area contributed by atoms with E-state index >= 15 is 0 Å². The van der Waals surface area contributed by atoms with E-state index in [1.54, 1.807) is 0 Å². The number of hydrogen-bond donors (Lipinski definition) is 3. The van der Waals surface area contributed by atoms with Crippen LogP contribution in [0.2, 0.25) is 0 Å². The Bertz CT molecular complexity index is 584. The molecule has 1 fully saturated rings. The molecule has 0 unspecified atom stereocenters.